The second-order valence-corrected chi connectivity index (χ2v) is 6.33. The molecule has 1 aliphatic rings. The number of rotatable bonds is 6. The number of thiophene rings is 1. The van der Waals surface area contributed by atoms with Crippen molar-refractivity contribution in [1.29, 1.82) is 0 Å². The molecule has 1 saturated carbocycles. The molecule has 0 aliphatic heterocycles. The van der Waals surface area contributed by atoms with Gasteiger partial charge in [0.05, 0.1) is 17.4 Å². The molecule has 17 heavy (non-hydrogen) atoms. The van der Waals surface area contributed by atoms with E-state index in [0.717, 1.165) is 21.7 Å². The van der Waals surface area contributed by atoms with Gasteiger partial charge in [-0.2, -0.15) is 0 Å². The molecule has 0 aromatic carbocycles. The molecule has 5 heteroatoms. The zero-order chi connectivity index (χ0) is 12.3. The minimum absolute atomic E-state index is 0.134. The second kappa shape index (κ2) is 5.85. The number of hydrogen-bond donors (Lipinski definition) is 1. The molecule has 1 aliphatic carbocycles. The van der Waals surface area contributed by atoms with Crippen LogP contribution in [0, 0.1) is 5.92 Å². The molecule has 0 spiro atoms. The molecule has 94 valence electrons. The maximum Gasteiger partial charge on any atom is 0.236 e. The van der Waals surface area contributed by atoms with Crippen LogP contribution >= 0.6 is 22.9 Å². The van der Waals surface area contributed by atoms with Crippen LogP contribution in [0.2, 0.25) is 4.34 Å². The van der Waals surface area contributed by atoms with Crippen LogP contribution in [0.1, 0.15) is 17.7 Å². The summed E-state index contributed by atoms with van der Waals surface area (Å²) in [5.41, 5.74) is 0. The van der Waals surface area contributed by atoms with Crippen LogP contribution in [0.5, 0.6) is 0 Å². The van der Waals surface area contributed by atoms with E-state index in [0.29, 0.717) is 13.1 Å². The number of halogens is 1. The SMILES string of the molecule is CN(Cc1ccc(Cl)s1)C(=O)CNCC1CC1. The predicted octanol–water partition coefficient (Wildman–Crippen LogP) is 2.36. The fourth-order valence-corrected chi connectivity index (χ4v) is 2.74. The van der Waals surface area contributed by atoms with Gasteiger partial charge in [-0.25, -0.2) is 0 Å². The molecule has 0 atom stereocenters. The van der Waals surface area contributed by atoms with Crippen molar-refractivity contribution < 1.29 is 4.79 Å². The van der Waals surface area contributed by atoms with E-state index in [1.54, 1.807) is 4.90 Å². The molecule has 0 saturated heterocycles. The van der Waals surface area contributed by atoms with Gasteiger partial charge in [-0.1, -0.05) is 11.6 Å². The summed E-state index contributed by atoms with van der Waals surface area (Å²) in [5.74, 6) is 0.944. The van der Waals surface area contributed by atoms with Crippen LogP contribution < -0.4 is 5.32 Å². The van der Waals surface area contributed by atoms with E-state index >= 15 is 0 Å². The Labute approximate surface area is 111 Å². The lowest BCUT2D eigenvalue weighted by Gasteiger charge is -2.16. The molecular weight excluding hydrogens is 256 g/mol. The van der Waals surface area contributed by atoms with E-state index in [2.05, 4.69) is 5.32 Å². The van der Waals surface area contributed by atoms with E-state index in [1.165, 1.54) is 24.2 Å². The van der Waals surface area contributed by atoms with Crippen LogP contribution in [0.15, 0.2) is 12.1 Å². The Morgan fingerprint density at radius 2 is 2.35 bits per heavy atom. The summed E-state index contributed by atoms with van der Waals surface area (Å²) in [7, 11) is 1.83. The third-order valence-corrected chi connectivity index (χ3v) is 4.07. The highest BCUT2D eigenvalue weighted by Crippen LogP contribution is 2.27. The van der Waals surface area contributed by atoms with Crippen molar-refractivity contribution in [1.82, 2.24) is 10.2 Å². The van der Waals surface area contributed by atoms with Gasteiger partial charge >= 0.3 is 0 Å². The minimum Gasteiger partial charge on any atom is -0.340 e. The molecule has 1 N–H and O–H groups in total. The number of nitrogens with one attached hydrogen (secondary N) is 1. The zero-order valence-corrected chi connectivity index (χ0v) is 11.5. The summed E-state index contributed by atoms with van der Waals surface area (Å²) in [4.78, 5) is 14.6. The standard InChI is InChI=1S/C12H17ClN2OS/c1-15(8-10-4-5-11(13)17-10)12(16)7-14-6-9-2-3-9/h4-5,9,14H,2-3,6-8H2,1H3. The van der Waals surface area contributed by atoms with Crippen molar-refractivity contribution in [3.63, 3.8) is 0 Å². The lowest BCUT2D eigenvalue weighted by molar-refractivity contribution is -0.129. The molecule has 2 rings (SSSR count). The normalized spacial score (nSPS) is 14.9. The maximum absolute atomic E-state index is 11.8. The fraction of sp³-hybridized carbons (Fsp3) is 0.583. The smallest absolute Gasteiger partial charge is 0.236 e. The Balaban J connectivity index is 1.70. The molecule has 3 nitrogen and oxygen atoms in total. The molecular formula is C12H17ClN2OS. The average Bonchev–Trinajstić information content (AvgIpc) is 3.02. The van der Waals surface area contributed by atoms with Crippen molar-refractivity contribution in [3.05, 3.63) is 21.3 Å². The van der Waals surface area contributed by atoms with Crippen molar-refractivity contribution in [2.75, 3.05) is 20.1 Å². The van der Waals surface area contributed by atoms with Gasteiger partial charge in [0, 0.05) is 11.9 Å². The Morgan fingerprint density at radius 1 is 1.59 bits per heavy atom. The van der Waals surface area contributed by atoms with E-state index < -0.39 is 0 Å². The van der Waals surface area contributed by atoms with Crippen LogP contribution in [-0.2, 0) is 11.3 Å². The van der Waals surface area contributed by atoms with Crippen molar-refractivity contribution >= 4 is 28.8 Å². The second-order valence-electron chi connectivity index (χ2n) is 4.53. The lowest BCUT2D eigenvalue weighted by atomic mass is 10.4. The third kappa shape index (κ3) is 4.30. The van der Waals surface area contributed by atoms with Gasteiger partial charge in [-0.05, 0) is 37.4 Å². The number of nitrogens with zero attached hydrogens (tertiary/aromatic N) is 1. The molecule has 1 fully saturated rings. The first-order chi connectivity index (χ1) is 8.15. The summed E-state index contributed by atoms with van der Waals surface area (Å²) >= 11 is 7.37. The first-order valence-corrected chi connectivity index (χ1v) is 7.03. The van der Waals surface area contributed by atoms with Crippen molar-refractivity contribution in [2.45, 2.75) is 19.4 Å². The van der Waals surface area contributed by atoms with Gasteiger partial charge in [-0.15, -0.1) is 11.3 Å². The van der Waals surface area contributed by atoms with Gasteiger partial charge in [-0.3, -0.25) is 4.79 Å². The first kappa shape index (κ1) is 12.9. The molecule has 0 unspecified atom stereocenters. The van der Waals surface area contributed by atoms with Gasteiger partial charge < -0.3 is 10.2 Å². The molecule has 0 bridgehead atoms. The van der Waals surface area contributed by atoms with Crippen molar-refractivity contribution in [2.24, 2.45) is 5.92 Å². The summed E-state index contributed by atoms with van der Waals surface area (Å²) < 4.78 is 0.771. The minimum atomic E-state index is 0.134. The number of likely N-dealkylation sites (N-methyl/N-ethyl adjacent to an activating group) is 1. The lowest BCUT2D eigenvalue weighted by Crippen LogP contribution is -2.35. The number of hydrogen-bond acceptors (Lipinski definition) is 3. The highest BCUT2D eigenvalue weighted by molar-refractivity contribution is 7.16. The summed E-state index contributed by atoms with van der Waals surface area (Å²) in [6, 6.07) is 3.83. The Bertz CT molecular complexity index is 390. The predicted molar refractivity (Wildman–Crippen MR) is 71.4 cm³/mol. The third-order valence-electron chi connectivity index (χ3n) is 2.85. The van der Waals surface area contributed by atoms with E-state index in [4.69, 9.17) is 11.6 Å². The van der Waals surface area contributed by atoms with E-state index in [9.17, 15) is 4.79 Å². The quantitative estimate of drug-likeness (QED) is 0.862. The van der Waals surface area contributed by atoms with E-state index in [1.807, 2.05) is 19.2 Å². The Morgan fingerprint density at radius 3 is 2.94 bits per heavy atom. The molecule has 0 radical (unpaired) electrons. The fourth-order valence-electron chi connectivity index (χ4n) is 1.60. The Kier molecular flexibility index (Phi) is 4.42. The largest absolute Gasteiger partial charge is 0.340 e. The molecule has 1 aromatic heterocycles. The number of carbonyl (C=O) groups is 1. The topological polar surface area (TPSA) is 32.3 Å². The Hall–Kier alpha value is -0.580. The molecule has 1 aromatic rings. The number of amides is 1. The van der Waals surface area contributed by atoms with Crippen LogP contribution in [-0.4, -0.2) is 30.9 Å². The van der Waals surface area contributed by atoms with Gasteiger partial charge in [0.25, 0.3) is 0 Å². The van der Waals surface area contributed by atoms with E-state index in [-0.39, 0.29) is 5.91 Å². The van der Waals surface area contributed by atoms with Gasteiger partial charge in [0.2, 0.25) is 5.91 Å². The van der Waals surface area contributed by atoms with Crippen LogP contribution in [0.25, 0.3) is 0 Å². The van der Waals surface area contributed by atoms with Gasteiger partial charge in [0.1, 0.15) is 0 Å². The first-order valence-electron chi connectivity index (χ1n) is 5.84. The summed E-state index contributed by atoms with van der Waals surface area (Å²) in [6.45, 7) is 2.05. The van der Waals surface area contributed by atoms with Crippen molar-refractivity contribution in [3.8, 4) is 0 Å². The van der Waals surface area contributed by atoms with Crippen LogP contribution in [0.3, 0.4) is 0 Å². The molecule has 1 amide bonds. The van der Waals surface area contributed by atoms with Gasteiger partial charge in [0.15, 0.2) is 0 Å². The summed E-state index contributed by atoms with van der Waals surface area (Å²) in [6.07, 6.45) is 2.62. The number of carbonyl (C=O) groups excluding carboxylic acids is 1. The maximum atomic E-state index is 11.8. The molecule has 1 heterocycles. The average molecular weight is 273 g/mol. The highest BCUT2D eigenvalue weighted by atomic mass is 35.5. The summed E-state index contributed by atoms with van der Waals surface area (Å²) in [5, 5.41) is 3.21. The van der Waals surface area contributed by atoms with Crippen LogP contribution in [0.4, 0.5) is 0 Å². The highest BCUT2D eigenvalue weighted by Gasteiger charge is 2.21. The zero-order valence-electron chi connectivity index (χ0n) is 9.91. The monoisotopic (exact) mass is 272 g/mol.